The molecular formula is C22H25N3OS. The van der Waals surface area contributed by atoms with Crippen molar-refractivity contribution in [3.8, 4) is 0 Å². The van der Waals surface area contributed by atoms with Crippen LogP contribution in [-0.2, 0) is 11.3 Å². The molecule has 1 fully saturated rings. The Morgan fingerprint density at radius 3 is 2.33 bits per heavy atom. The van der Waals surface area contributed by atoms with Gasteiger partial charge >= 0.3 is 0 Å². The van der Waals surface area contributed by atoms with E-state index in [-0.39, 0.29) is 5.91 Å². The Balaban J connectivity index is 1.38. The van der Waals surface area contributed by atoms with E-state index in [0.29, 0.717) is 11.2 Å². The first-order valence-electron chi connectivity index (χ1n) is 9.30. The Morgan fingerprint density at radius 2 is 1.67 bits per heavy atom. The van der Waals surface area contributed by atoms with Crippen LogP contribution in [0.1, 0.15) is 24.0 Å². The van der Waals surface area contributed by atoms with E-state index in [1.54, 1.807) is 6.08 Å². The van der Waals surface area contributed by atoms with Crippen molar-refractivity contribution in [2.45, 2.75) is 25.4 Å². The summed E-state index contributed by atoms with van der Waals surface area (Å²) in [5.74, 6) is -0.210. The second-order valence-corrected chi connectivity index (χ2v) is 7.15. The van der Waals surface area contributed by atoms with Gasteiger partial charge in [0.25, 0.3) is 0 Å². The van der Waals surface area contributed by atoms with Crippen molar-refractivity contribution in [2.24, 2.45) is 0 Å². The van der Waals surface area contributed by atoms with Gasteiger partial charge in [-0.25, -0.2) is 0 Å². The zero-order valence-corrected chi connectivity index (χ0v) is 16.1. The SMILES string of the molecule is O=C(/C=C/c1ccccc1)NC(=S)NC1CCN(Cc2ccccc2)CC1. The lowest BCUT2D eigenvalue weighted by Crippen LogP contribution is -2.48. The Hall–Kier alpha value is -2.50. The second-order valence-electron chi connectivity index (χ2n) is 6.74. The molecule has 0 radical (unpaired) electrons. The van der Waals surface area contributed by atoms with Crippen molar-refractivity contribution in [1.29, 1.82) is 0 Å². The summed E-state index contributed by atoms with van der Waals surface area (Å²) in [6, 6.07) is 20.6. The highest BCUT2D eigenvalue weighted by atomic mass is 32.1. The number of nitrogens with zero attached hydrogens (tertiary/aromatic N) is 1. The quantitative estimate of drug-likeness (QED) is 0.618. The van der Waals surface area contributed by atoms with Crippen LogP contribution < -0.4 is 10.6 Å². The fourth-order valence-electron chi connectivity index (χ4n) is 3.19. The third-order valence-corrected chi connectivity index (χ3v) is 4.86. The van der Waals surface area contributed by atoms with Crippen molar-refractivity contribution in [2.75, 3.05) is 13.1 Å². The summed E-state index contributed by atoms with van der Waals surface area (Å²) in [6.45, 7) is 3.03. The third kappa shape index (κ3) is 6.62. The van der Waals surface area contributed by atoms with E-state index in [2.05, 4.69) is 39.8 Å². The zero-order valence-electron chi connectivity index (χ0n) is 15.3. The van der Waals surface area contributed by atoms with Crippen molar-refractivity contribution in [3.05, 3.63) is 77.9 Å². The van der Waals surface area contributed by atoms with E-state index < -0.39 is 0 Å². The predicted octanol–water partition coefficient (Wildman–Crippen LogP) is 3.36. The van der Waals surface area contributed by atoms with Gasteiger partial charge < -0.3 is 5.32 Å². The molecule has 1 saturated heterocycles. The lowest BCUT2D eigenvalue weighted by molar-refractivity contribution is -0.115. The van der Waals surface area contributed by atoms with Crippen LogP contribution >= 0.6 is 12.2 Å². The van der Waals surface area contributed by atoms with E-state index in [1.165, 1.54) is 11.6 Å². The van der Waals surface area contributed by atoms with Gasteiger partial charge in [0.05, 0.1) is 0 Å². The van der Waals surface area contributed by atoms with Crippen LogP contribution in [0.5, 0.6) is 0 Å². The van der Waals surface area contributed by atoms with Gasteiger partial charge in [-0.05, 0) is 42.3 Å². The molecule has 1 amide bonds. The number of piperidine rings is 1. The summed E-state index contributed by atoms with van der Waals surface area (Å²) in [5, 5.41) is 6.40. The van der Waals surface area contributed by atoms with Crippen LogP contribution in [0.4, 0.5) is 0 Å². The number of hydrogen-bond acceptors (Lipinski definition) is 3. The molecule has 0 aromatic heterocycles. The molecule has 1 aliphatic rings. The minimum atomic E-state index is -0.210. The van der Waals surface area contributed by atoms with Crippen molar-refractivity contribution in [1.82, 2.24) is 15.5 Å². The Kier molecular flexibility index (Phi) is 7.13. The first-order chi connectivity index (χ1) is 13.2. The van der Waals surface area contributed by atoms with Gasteiger partial charge in [-0.1, -0.05) is 60.7 Å². The standard InChI is InChI=1S/C22H25N3OS/c26-21(12-11-18-7-3-1-4-8-18)24-22(27)23-20-13-15-25(16-14-20)17-19-9-5-2-6-10-19/h1-12,20H,13-17H2,(H2,23,24,26,27)/b12-11+. The molecule has 0 aliphatic carbocycles. The summed E-state index contributed by atoms with van der Waals surface area (Å²) in [5.41, 5.74) is 2.33. The fourth-order valence-corrected chi connectivity index (χ4v) is 3.46. The van der Waals surface area contributed by atoms with E-state index >= 15 is 0 Å². The molecule has 0 spiro atoms. The molecule has 2 aromatic carbocycles. The second kappa shape index (κ2) is 10.00. The monoisotopic (exact) mass is 379 g/mol. The molecule has 0 bridgehead atoms. The highest BCUT2D eigenvalue weighted by Crippen LogP contribution is 2.13. The number of thiocarbonyl (C=S) groups is 1. The number of amides is 1. The van der Waals surface area contributed by atoms with Crippen LogP contribution in [0.2, 0.25) is 0 Å². The first-order valence-corrected chi connectivity index (χ1v) is 9.71. The van der Waals surface area contributed by atoms with Gasteiger partial charge in [0, 0.05) is 31.8 Å². The van der Waals surface area contributed by atoms with Crippen molar-refractivity contribution in [3.63, 3.8) is 0 Å². The summed E-state index contributed by atoms with van der Waals surface area (Å²) in [6.07, 6.45) is 5.32. The predicted molar refractivity (Wildman–Crippen MR) is 114 cm³/mol. The molecule has 2 aromatic rings. The van der Waals surface area contributed by atoms with Gasteiger partial charge in [-0.2, -0.15) is 0 Å². The smallest absolute Gasteiger partial charge is 0.250 e. The maximum absolute atomic E-state index is 12.0. The summed E-state index contributed by atoms with van der Waals surface area (Å²) < 4.78 is 0. The van der Waals surface area contributed by atoms with Crippen LogP contribution in [-0.4, -0.2) is 35.1 Å². The number of rotatable bonds is 5. The minimum Gasteiger partial charge on any atom is -0.360 e. The summed E-state index contributed by atoms with van der Waals surface area (Å²) in [4.78, 5) is 14.4. The molecule has 0 atom stereocenters. The van der Waals surface area contributed by atoms with Crippen LogP contribution in [0, 0.1) is 0 Å². The molecular weight excluding hydrogens is 354 g/mol. The average Bonchev–Trinajstić information content (AvgIpc) is 2.69. The lowest BCUT2D eigenvalue weighted by atomic mass is 10.0. The largest absolute Gasteiger partial charge is 0.360 e. The van der Waals surface area contributed by atoms with Gasteiger partial charge in [-0.15, -0.1) is 0 Å². The molecule has 4 nitrogen and oxygen atoms in total. The van der Waals surface area contributed by atoms with E-state index in [9.17, 15) is 4.79 Å². The van der Waals surface area contributed by atoms with Crippen LogP contribution in [0.25, 0.3) is 6.08 Å². The number of likely N-dealkylation sites (tertiary alicyclic amines) is 1. The highest BCUT2D eigenvalue weighted by Gasteiger charge is 2.20. The number of hydrogen-bond donors (Lipinski definition) is 2. The molecule has 27 heavy (non-hydrogen) atoms. The van der Waals surface area contributed by atoms with E-state index in [4.69, 9.17) is 12.2 Å². The maximum Gasteiger partial charge on any atom is 0.250 e. The first kappa shape index (κ1) is 19.3. The van der Waals surface area contributed by atoms with Gasteiger partial charge in [0.15, 0.2) is 5.11 Å². The lowest BCUT2D eigenvalue weighted by Gasteiger charge is -2.32. The van der Waals surface area contributed by atoms with Crippen molar-refractivity contribution < 1.29 is 4.79 Å². The van der Waals surface area contributed by atoms with Gasteiger partial charge in [0.1, 0.15) is 0 Å². The van der Waals surface area contributed by atoms with Gasteiger partial charge in [0.2, 0.25) is 5.91 Å². The number of benzene rings is 2. The number of carbonyl (C=O) groups excluding carboxylic acids is 1. The Morgan fingerprint density at radius 1 is 1.04 bits per heavy atom. The number of nitrogens with one attached hydrogen (secondary N) is 2. The molecule has 1 aliphatic heterocycles. The zero-order chi connectivity index (χ0) is 18.9. The molecule has 3 rings (SSSR count). The molecule has 140 valence electrons. The third-order valence-electron chi connectivity index (χ3n) is 4.64. The van der Waals surface area contributed by atoms with Crippen LogP contribution in [0.15, 0.2) is 66.7 Å². The van der Waals surface area contributed by atoms with E-state index in [1.807, 2.05) is 36.4 Å². The fraction of sp³-hybridized carbons (Fsp3) is 0.273. The van der Waals surface area contributed by atoms with Crippen molar-refractivity contribution >= 4 is 29.3 Å². The number of carbonyl (C=O) groups is 1. The molecule has 0 saturated carbocycles. The van der Waals surface area contributed by atoms with Crippen LogP contribution in [0.3, 0.4) is 0 Å². The topological polar surface area (TPSA) is 44.4 Å². The molecule has 5 heteroatoms. The normalized spacial score (nSPS) is 15.6. The minimum absolute atomic E-state index is 0.210. The summed E-state index contributed by atoms with van der Waals surface area (Å²) in [7, 11) is 0. The molecule has 0 unspecified atom stereocenters. The summed E-state index contributed by atoms with van der Waals surface area (Å²) >= 11 is 5.29. The highest BCUT2D eigenvalue weighted by molar-refractivity contribution is 7.80. The van der Waals surface area contributed by atoms with Gasteiger partial charge in [-0.3, -0.25) is 15.0 Å². The molecule has 2 N–H and O–H groups in total. The maximum atomic E-state index is 12.0. The van der Waals surface area contributed by atoms with E-state index in [0.717, 1.165) is 38.0 Å². The Bertz CT molecular complexity index is 769. The molecule has 1 heterocycles. The average molecular weight is 380 g/mol. The Labute approximate surface area is 166 Å².